The molecule has 1 fully saturated rings. The summed E-state index contributed by atoms with van der Waals surface area (Å²) < 4.78 is 37.1. The van der Waals surface area contributed by atoms with Gasteiger partial charge in [0.2, 0.25) is 5.28 Å². The minimum Gasteiger partial charge on any atom is -0.352 e. The Morgan fingerprint density at radius 2 is 1.90 bits per heavy atom. The number of nitrogens with one attached hydrogen (secondary N) is 1. The van der Waals surface area contributed by atoms with Gasteiger partial charge in [-0.05, 0) is 11.6 Å². The standard InChI is InChI=1S/C11H12ClF3N6/c12-10-18-8-7(16-6-17-8)9(19-10)21-3-1-20(2-4-21)5-11(13,14)15/h6H,1-5H2,(H,16,17,18,19). The monoisotopic (exact) mass is 320 g/mol. The molecule has 1 aliphatic heterocycles. The van der Waals surface area contributed by atoms with E-state index in [0.29, 0.717) is 43.2 Å². The first-order valence-electron chi connectivity index (χ1n) is 6.33. The van der Waals surface area contributed by atoms with Gasteiger partial charge in [0.25, 0.3) is 0 Å². The van der Waals surface area contributed by atoms with Crippen molar-refractivity contribution in [3.8, 4) is 0 Å². The van der Waals surface area contributed by atoms with E-state index in [2.05, 4.69) is 19.9 Å². The quantitative estimate of drug-likeness (QED) is 0.853. The third-order valence-electron chi connectivity index (χ3n) is 3.31. The maximum atomic E-state index is 12.4. The lowest BCUT2D eigenvalue weighted by atomic mass is 10.3. The number of alkyl halides is 3. The van der Waals surface area contributed by atoms with Crippen molar-refractivity contribution >= 4 is 28.6 Å². The summed E-state index contributed by atoms with van der Waals surface area (Å²) in [6, 6.07) is 0. The number of hydrogen-bond donors (Lipinski definition) is 1. The maximum Gasteiger partial charge on any atom is 0.401 e. The van der Waals surface area contributed by atoms with Crippen LogP contribution in [0.3, 0.4) is 0 Å². The van der Waals surface area contributed by atoms with Crippen molar-refractivity contribution in [2.45, 2.75) is 6.18 Å². The van der Waals surface area contributed by atoms with E-state index >= 15 is 0 Å². The number of halogens is 4. The molecule has 0 aliphatic carbocycles. The Bertz CT molecular complexity index is 634. The van der Waals surface area contributed by atoms with E-state index < -0.39 is 12.7 Å². The molecule has 6 nitrogen and oxygen atoms in total. The second kappa shape index (κ2) is 5.30. The molecule has 1 aliphatic rings. The molecule has 114 valence electrons. The number of imidazole rings is 1. The molecule has 10 heteroatoms. The van der Waals surface area contributed by atoms with Gasteiger partial charge in [-0.1, -0.05) is 0 Å². The van der Waals surface area contributed by atoms with Gasteiger partial charge in [0.1, 0.15) is 5.52 Å². The van der Waals surface area contributed by atoms with Crippen molar-refractivity contribution in [2.75, 3.05) is 37.6 Å². The highest BCUT2D eigenvalue weighted by Crippen LogP contribution is 2.24. The van der Waals surface area contributed by atoms with Crippen LogP contribution in [-0.4, -0.2) is 63.7 Å². The molecule has 21 heavy (non-hydrogen) atoms. The molecule has 1 saturated heterocycles. The molecule has 2 aromatic heterocycles. The SMILES string of the molecule is FC(F)(F)CN1CCN(c2nc(Cl)nc3nc[nH]c23)CC1. The van der Waals surface area contributed by atoms with Crippen molar-refractivity contribution in [1.29, 1.82) is 0 Å². The molecule has 0 unspecified atom stereocenters. The van der Waals surface area contributed by atoms with E-state index in [-0.39, 0.29) is 5.28 Å². The Morgan fingerprint density at radius 1 is 1.19 bits per heavy atom. The number of rotatable bonds is 2. The molecular weight excluding hydrogens is 309 g/mol. The van der Waals surface area contributed by atoms with Gasteiger partial charge in [-0.15, -0.1) is 0 Å². The van der Waals surface area contributed by atoms with E-state index in [9.17, 15) is 13.2 Å². The highest BCUT2D eigenvalue weighted by Gasteiger charge is 2.32. The highest BCUT2D eigenvalue weighted by atomic mass is 35.5. The number of H-pyrrole nitrogens is 1. The number of hydrogen-bond acceptors (Lipinski definition) is 5. The van der Waals surface area contributed by atoms with Gasteiger partial charge in [-0.2, -0.15) is 23.1 Å². The molecular formula is C11H12ClF3N6. The predicted octanol–water partition coefficient (Wildman–Crippen LogP) is 1.69. The Balaban J connectivity index is 1.75. The number of nitrogens with zero attached hydrogens (tertiary/aromatic N) is 5. The molecule has 3 heterocycles. The smallest absolute Gasteiger partial charge is 0.352 e. The van der Waals surface area contributed by atoms with Gasteiger partial charge in [-0.3, -0.25) is 4.90 Å². The Hall–Kier alpha value is -1.61. The van der Waals surface area contributed by atoms with Crippen molar-refractivity contribution in [3.63, 3.8) is 0 Å². The van der Waals surface area contributed by atoms with E-state index in [1.165, 1.54) is 11.2 Å². The Kier molecular flexibility index (Phi) is 3.62. The summed E-state index contributed by atoms with van der Waals surface area (Å²) in [6.07, 6.45) is -2.68. The maximum absolute atomic E-state index is 12.4. The second-order valence-electron chi connectivity index (χ2n) is 4.80. The fourth-order valence-electron chi connectivity index (χ4n) is 2.39. The van der Waals surface area contributed by atoms with Gasteiger partial charge < -0.3 is 9.88 Å². The average molecular weight is 321 g/mol. The third kappa shape index (κ3) is 3.18. The largest absolute Gasteiger partial charge is 0.401 e. The van der Waals surface area contributed by atoms with Gasteiger partial charge in [0, 0.05) is 26.2 Å². The first kappa shape index (κ1) is 14.3. The van der Waals surface area contributed by atoms with Crippen LogP contribution in [0.25, 0.3) is 11.2 Å². The summed E-state index contributed by atoms with van der Waals surface area (Å²) in [6.45, 7) is 0.632. The van der Waals surface area contributed by atoms with Crippen LogP contribution in [-0.2, 0) is 0 Å². The van der Waals surface area contributed by atoms with Crippen molar-refractivity contribution in [2.24, 2.45) is 0 Å². The summed E-state index contributed by atoms with van der Waals surface area (Å²) in [4.78, 5) is 18.4. The summed E-state index contributed by atoms with van der Waals surface area (Å²) in [7, 11) is 0. The highest BCUT2D eigenvalue weighted by molar-refractivity contribution is 6.28. The normalized spacial score (nSPS) is 17.6. The van der Waals surface area contributed by atoms with E-state index in [1.54, 1.807) is 0 Å². The molecule has 3 rings (SSSR count). The zero-order valence-corrected chi connectivity index (χ0v) is 11.6. The van der Waals surface area contributed by atoms with Crippen LogP contribution in [0.4, 0.5) is 19.0 Å². The molecule has 0 radical (unpaired) electrons. The van der Waals surface area contributed by atoms with Gasteiger partial charge >= 0.3 is 6.18 Å². The number of fused-ring (bicyclic) bond motifs is 1. The Morgan fingerprint density at radius 3 is 2.57 bits per heavy atom. The van der Waals surface area contributed by atoms with Crippen LogP contribution in [0.15, 0.2) is 6.33 Å². The minimum absolute atomic E-state index is 0.0716. The summed E-state index contributed by atoms with van der Waals surface area (Å²) >= 11 is 5.85. The third-order valence-corrected chi connectivity index (χ3v) is 3.48. The number of aromatic nitrogens is 4. The van der Waals surface area contributed by atoms with Crippen LogP contribution in [0.1, 0.15) is 0 Å². The lowest BCUT2D eigenvalue weighted by Crippen LogP contribution is -2.49. The molecule has 1 N–H and O–H groups in total. The number of piperazine rings is 1. The average Bonchev–Trinajstić information content (AvgIpc) is 2.85. The van der Waals surface area contributed by atoms with Gasteiger partial charge in [0.15, 0.2) is 11.5 Å². The first-order chi connectivity index (χ1) is 9.92. The van der Waals surface area contributed by atoms with Crippen LogP contribution >= 0.6 is 11.6 Å². The number of anilines is 1. The molecule has 0 bridgehead atoms. The summed E-state index contributed by atoms with van der Waals surface area (Å²) in [5.74, 6) is 0.578. The zero-order chi connectivity index (χ0) is 15.0. The molecule has 0 amide bonds. The fourth-order valence-corrected chi connectivity index (χ4v) is 2.55. The molecule has 2 aromatic rings. The zero-order valence-electron chi connectivity index (χ0n) is 10.9. The van der Waals surface area contributed by atoms with E-state index in [4.69, 9.17) is 11.6 Å². The van der Waals surface area contributed by atoms with Gasteiger partial charge in [-0.25, -0.2) is 4.98 Å². The number of aromatic amines is 1. The van der Waals surface area contributed by atoms with Crippen molar-refractivity contribution in [3.05, 3.63) is 11.6 Å². The lowest BCUT2D eigenvalue weighted by molar-refractivity contribution is -0.146. The van der Waals surface area contributed by atoms with Crippen LogP contribution in [0.2, 0.25) is 5.28 Å². The predicted molar refractivity (Wildman–Crippen MR) is 71.4 cm³/mol. The molecule has 0 spiro atoms. The molecule has 0 atom stereocenters. The van der Waals surface area contributed by atoms with Crippen LogP contribution in [0, 0.1) is 0 Å². The first-order valence-corrected chi connectivity index (χ1v) is 6.71. The molecule has 0 aromatic carbocycles. The van der Waals surface area contributed by atoms with Crippen LogP contribution < -0.4 is 4.90 Å². The van der Waals surface area contributed by atoms with E-state index in [0.717, 1.165) is 0 Å². The fraction of sp³-hybridized carbons (Fsp3) is 0.545. The summed E-state index contributed by atoms with van der Waals surface area (Å²) in [5.41, 5.74) is 1.09. The Labute approximate surface area is 122 Å². The summed E-state index contributed by atoms with van der Waals surface area (Å²) in [5, 5.41) is 0.0716. The topological polar surface area (TPSA) is 60.9 Å². The molecule has 0 saturated carbocycles. The minimum atomic E-state index is -4.17. The van der Waals surface area contributed by atoms with E-state index in [1.807, 2.05) is 4.90 Å². The van der Waals surface area contributed by atoms with Crippen LogP contribution in [0.5, 0.6) is 0 Å². The van der Waals surface area contributed by atoms with Crippen molar-refractivity contribution in [1.82, 2.24) is 24.8 Å². The van der Waals surface area contributed by atoms with Gasteiger partial charge in [0.05, 0.1) is 12.9 Å². The van der Waals surface area contributed by atoms with Crippen molar-refractivity contribution < 1.29 is 13.2 Å². The lowest BCUT2D eigenvalue weighted by Gasteiger charge is -2.35. The second-order valence-corrected chi connectivity index (χ2v) is 5.13.